The molecule has 0 atom stereocenters. The highest BCUT2D eigenvalue weighted by Crippen LogP contribution is 2.39. The minimum absolute atomic E-state index is 0.0611. The summed E-state index contributed by atoms with van der Waals surface area (Å²) in [4.78, 5) is 20.7. The molecule has 0 unspecified atom stereocenters. The predicted octanol–water partition coefficient (Wildman–Crippen LogP) is 5.34. The monoisotopic (exact) mass is 412 g/mol. The zero-order valence-electron chi connectivity index (χ0n) is 14.9. The number of carboxylic acid groups (broad SMARTS) is 1. The van der Waals surface area contributed by atoms with Gasteiger partial charge in [-0.15, -0.1) is 11.3 Å². The fourth-order valence-corrected chi connectivity index (χ4v) is 4.66. The maximum absolute atomic E-state index is 11.0. The van der Waals surface area contributed by atoms with E-state index in [9.17, 15) is 4.79 Å². The maximum atomic E-state index is 11.0. The van der Waals surface area contributed by atoms with Gasteiger partial charge in [-0.3, -0.25) is 0 Å². The van der Waals surface area contributed by atoms with Gasteiger partial charge in [0, 0.05) is 10.9 Å². The zero-order chi connectivity index (χ0) is 19.5. The average molecular weight is 412 g/mol. The summed E-state index contributed by atoms with van der Waals surface area (Å²) in [5.74, 6) is 0.777. The topological polar surface area (TPSA) is 85.5 Å². The molecule has 0 aliphatic carbocycles. The second-order valence-corrected chi connectivity index (χ2v) is 7.65. The van der Waals surface area contributed by atoms with Gasteiger partial charge in [0.2, 0.25) is 5.76 Å². The molecule has 0 spiro atoms. The van der Waals surface area contributed by atoms with Crippen LogP contribution in [0, 0.1) is 0 Å². The van der Waals surface area contributed by atoms with E-state index in [1.54, 1.807) is 23.7 Å². The minimum atomic E-state index is -1.07. The van der Waals surface area contributed by atoms with Gasteiger partial charge in [0.05, 0.1) is 17.7 Å². The third-order valence-electron chi connectivity index (χ3n) is 4.04. The smallest absolute Gasteiger partial charge is 0.371 e. The predicted molar refractivity (Wildman–Crippen MR) is 109 cm³/mol. The molecule has 1 aromatic carbocycles. The summed E-state index contributed by atoms with van der Waals surface area (Å²) in [7, 11) is 0. The van der Waals surface area contributed by atoms with E-state index in [1.165, 1.54) is 17.8 Å². The van der Waals surface area contributed by atoms with Crippen molar-refractivity contribution in [1.82, 2.24) is 9.97 Å². The third-order valence-corrected chi connectivity index (χ3v) is 5.93. The average Bonchev–Trinajstić information content (AvgIpc) is 3.35. The van der Waals surface area contributed by atoms with Crippen molar-refractivity contribution in [3.05, 3.63) is 59.6 Å². The molecule has 0 radical (unpaired) electrons. The molecule has 1 N–H and O–H groups in total. The lowest BCUT2D eigenvalue weighted by Crippen LogP contribution is -1.92. The molecular formula is C20H16N2O4S2. The molecule has 3 heterocycles. The Labute approximate surface area is 169 Å². The first-order valence-electron chi connectivity index (χ1n) is 8.56. The molecule has 3 aromatic heterocycles. The second-order valence-electron chi connectivity index (χ2n) is 5.83. The van der Waals surface area contributed by atoms with Crippen LogP contribution in [0.4, 0.5) is 0 Å². The molecule has 0 fully saturated rings. The first-order chi connectivity index (χ1) is 13.7. The summed E-state index contributed by atoms with van der Waals surface area (Å²) in [5, 5.41) is 12.9. The van der Waals surface area contributed by atoms with E-state index >= 15 is 0 Å². The van der Waals surface area contributed by atoms with Crippen molar-refractivity contribution in [3.8, 4) is 16.9 Å². The van der Waals surface area contributed by atoms with E-state index in [2.05, 4.69) is 15.3 Å². The van der Waals surface area contributed by atoms with Crippen molar-refractivity contribution in [3.63, 3.8) is 0 Å². The number of ether oxygens (including phenoxy) is 1. The van der Waals surface area contributed by atoms with Crippen LogP contribution in [0.1, 0.15) is 23.2 Å². The summed E-state index contributed by atoms with van der Waals surface area (Å²) in [6.07, 6.45) is 1.55. The molecule has 28 heavy (non-hydrogen) atoms. The van der Waals surface area contributed by atoms with Crippen LogP contribution in [-0.2, 0) is 5.75 Å². The molecule has 8 heteroatoms. The van der Waals surface area contributed by atoms with Crippen LogP contribution in [0.15, 0.2) is 57.5 Å². The summed E-state index contributed by atoms with van der Waals surface area (Å²) in [6.45, 7) is 2.59. The number of carboxylic acids is 1. The van der Waals surface area contributed by atoms with Crippen LogP contribution in [0.3, 0.4) is 0 Å². The third kappa shape index (κ3) is 3.74. The molecule has 4 rings (SSSR count). The summed E-state index contributed by atoms with van der Waals surface area (Å²) in [5.41, 5.74) is 2.13. The molecule has 6 nitrogen and oxygen atoms in total. The number of hydrogen-bond acceptors (Lipinski definition) is 7. The van der Waals surface area contributed by atoms with Gasteiger partial charge < -0.3 is 14.3 Å². The number of fused-ring (bicyclic) bond motifs is 1. The van der Waals surface area contributed by atoms with Gasteiger partial charge in [0.1, 0.15) is 27.7 Å². The van der Waals surface area contributed by atoms with Crippen molar-refractivity contribution in [2.24, 2.45) is 0 Å². The van der Waals surface area contributed by atoms with Crippen molar-refractivity contribution >= 4 is 39.3 Å². The Morgan fingerprint density at radius 2 is 2.04 bits per heavy atom. The number of nitrogens with zero attached hydrogens (tertiary/aromatic N) is 2. The molecular weight excluding hydrogens is 396 g/mol. The molecule has 142 valence electrons. The molecule has 0 saturated heterocycles. The molecule has 0 saturated carbocycles. The number of thioether (sulfide) groups is 1. The lowest BCUT2D eigenvalue weighted by Gasteiger charge is -2.06. The lowest BCUT2D eigenvalue weighted by atomic mass is 10.1. The van der Waals surface area contributed by atoms with Gasteiger partial charge in [0.15, 0.2) is 0 Å². The largest absolute Gasteiger partial charge is 0.494 e. The van der Waals surface area contributed by atoms with Gasteiger partial charge >= 0.3 is 5.97 Å². The normalized spacial score (nSPS) is 11.0. The van der Waals surface area contributed by atoms with Gasteiger partial charge in [-0.05, 0) is 36.8 Å². The van der Waals surface area contributed by atoms with Gasteiger partial charge in [-0.2, -0.15) is 0 Å². The number of furan rings is 1. The maximum Gasteiger partial charge on any atom is 0.371 e. The van der Waals surface area contributed by atoms with Crippen LogP contribution < -0.4 is 4.74 Å². The molecule has 0 bridgehead atoms. The standard InChI is InChI=1S/C20H16N2O4S2/c1-2-25-13-5-3-12(4-6-13)15-10-28-19-17(15)18(21-11-22-19)27-9-14-7-8-16(26-14)20(23)24/h3-8,10-11H,2,9H2,1H3,(H,23,24). The number of rotatable bonds is 7. The van der Waals surface area contributed by atoms with Crippen LogP contribution in [0.5, 0.6) is 5.75 Å². The Morgan fingerprint density at radius 1 is 1.21 bits per heavy atom. The Morgan fingerprint density at radius 3 is 2.75 bits per heavy atom. The Balaban J connectivity index is 1.63. The van der Waals surface area contributed by atoms with Gasteiger partial charge in [-0.25, -0.2) is 14.8 Å². The quantitative estimate of drug-likeness (QED) is 0.324. The molecule has 0 amide bonds. The fraction of sp³-hybridized carbons (Fsp3) is 0.150. The van der Waals surface area contributed by atoms with E-state index in [1.807, 2.05) is 31.2 Å². The number of aromatic carboxylic acids is 1. The highest BCUT2D eigenvalue weighted by atomic mass is 32.2. The number of carbonyl (C=O) groups is 1. The highest BCUT2D eigenvalue weighted by Gasteiger charge is 2.15. The van der Waals surface area contributed by atoms with Crippen LogP contribution in [0.25, 0.3) is 21.3 Å². The van der Waals surface area contributed by atoms with E-state index < -0.39 is 5.97 Å². The number of hydrogen-bond donors (Lipinski definition) is 1. The van der Waals surface area contributed by atoms with E-state index in [4.69, 9.17) is 14.3 Å². The lowest BCUT2D eigenvalue weighted by molar-refractivity contribution is 0.0661. The Hall–Kier alpha value is -2.84. The molecule has 0 aliphatic heterocycles. The summed E-state index contributed by atoms with van der Waals surface area (Å²) in [6, 6.07) is 11.1. The van der Waals surface area contributed by atoms with Crippen molar-refractivity contribution in [1.29, 1.82) is 0 Å². The number of benzene rings is 1. The van der Waals surface area contributed by atoms with Crippen molar-refractivity contribution in [2.45, 2.75) is 17.7 Å². The van der Waals surface area contributed by atoms with E-state index in [0.29, 0.717) is 18.1 Å². The molecule has 0 aliphatic rings. The Kier molecular flexibility index (Phi) is 5.31. The number of thiophene rings is 1. The summed E-state index contributed by atoms with van der Waals surface area (Å²) < 4.78 is 10.9. The van der Waals surface area contributed by atoms with Crippen LogP contribution >= 0.6 is 23.1 Å². The van der Waals surface area contributed by atoms with Gasteiger partial charge in [0.25, 0.3) is 0 Å². The minimum Gasteiger partial charge on any atom is -0.494 e. The fourth-order valence-electron chi connectivity index (χ4n) is 2.78. The Bertz CT molecular complexity index is 1120. The van der Waals surface area contributed by atoms with E-state index in [0.717, 1.165) is 32.1 Å². The van der Waals surface area contributed by atoms with Crippen molar-refractivity contribution < 1.29 is 19.1 Å². The first-order valence-corrected chi connectivity index (χ1v) is 10.4. The number of aromatic nitrogens is 2. The van der Waals surface area contributed by atoms with Crippen LogP contribution in [0.2, 0.25) is 0 Å². The van der Waals surface area contributed by atoms with Gasteiger partial charge in [-0.1, -0.05) is 23.9 Å². The molecule has 4 aromatic rings. The summed E-state index contributed by atoms with van der Waals surface area (Å²) >= 11 is 3.07. The first kappa shape index (κ1) is 18.5. The van der Waals surface area contributed by atoms with E-state index in [-0.39, 0.29) is 5.76 Å². The van der Waals surface area contributed by atoms with Crippen LogP contribution in [-0.4, -0.2) is 27.7 Å². The van der Waals surface area contributed by atoms with Crippen molar-refractivity contribution in [2.75, 3.05) is 6.61 Å². The second kappa shape index (κ2) is 8.04. The highest BCUT2D eigenvalue weighted by molar-refractivity contribution is 7.98. The zero-order valence-corrected chi connectivity index (χ0v) is 16.5. The SMILES string of the molecule is CCOc1ccc(-c2csc3ncnc(SCc4ccc(C(=O)O)o4)c23)cc1.